The Hall–Kier alpha value is 0.0300. The van der Waals surface area contributed by atoms with Crippen molar-refractivity contribution in [1.82, 2.24) is 0 Å². The molecule has 0 atom stereocenters. The highest BCUT2D eigenvalue weighted by Crippen LogP contribution is 2.26. The standard InChI is InChI=1S/C12H7Br3OS/c13-8-3-7(4-9(14)5-8)11(16)6-12-10(15)1-2-17-12/h1-5H,6H2. The van der Waals surface area contributed by atoms with E-state index in [9.17, 15) is 4.79 Å². The van der Waals surface area contributed by atoms with E-state index in [1.165, 1.54) is 0 Å². The number of carbonyl (C=O) groups excluding carboxylic acids is 1. The number of hydrogen-bond acceptors (Lipinski definition) is 2. The van der Waals surface area contributed by atoms with E-state index >= 15 is 0 Å². The highest BCUT2D eigenvalue weighted by Gasteiger charge is 2.11. The zero-order valence-electron chi connectivity index (χ0n) is 8.54. The van der Waals surface area contributed by atoms with Gasteiger partial charge in [-0.15, -0.1) is 11.3 Å². The Balaban J connectivity index is 2.23. The molecule has 0 bridgehead atoms. The van der Waals surface area contributed by atoms with Crippen LogP contribution < -0.4 is 0 Å². The maximum atomic E-state index is 12.1. The molecule has 0 spiro atoms. The fraction of sp³-hybridized carbons (Fsp3) is 0.0833. The number of benzene rings is 1. The molecule has 2 aromatic rings. The Morgan fingerprint density at radius 3 is 2.29 bits per heavy atom. The lowest BCUT2D eigenvalue weighted by Gasteiger charge is -2.02. The van der Waals surface area contributed by atoms with Gasteiger partial charge in [-0.3, -0.25) is 4.79 Å². The van der Waals surface area contributed by atoms with Crippen LogP contribution in [-0.2, 0) is 6.42 Å². The summed E-state index contributed by atoms with van der Waals surface area (Å²) in [5.41, 5.74) is 0.714. The van der Waals surface area contributed by atoms with Gasteiger partial charge in [0, 0.05) is 30.3 Å². The molecule has 0 saturated carbocycles. The van der Waals surface area contributed by atoms with Gasteiger partial charge in [-0.25, -0.2) is 0 Å². The number of ketones is 1. The average Bonchev–Trinajstić information content (AvgIpc) is 2.63. The SMILES string of the molecule is O=C(Cc1sccc1Br)c1cc(Br)cc(Br)c1. The molecular weight excluding hydrogens is 432 g/mol. The first-order valence-corrected chi connectivity index (χ1v) is 8.03. The minimum absolute atomic E-state index is 0.121. The Labute approximate surface area is 129 Å². The van der Waals surface area contributed by atoms with E-state index in [1.54, 1.807) is 11.3 Å². The number of Topliss-reactive ketones (excluding diaryl/α,β-unsaturated/α-hetero) is 1. The maximum Gasteiger partial charge on any atom is 0.168 e. The molecule has 0 unspecified atom stereocenters. The Morgan fingerprint density at radius 2 is 1.76 bits per heavy atom. The van der Waals surface area contributed by atoms with E-state index in [-0.39, 0.29) is 5.78 Å². The molecule has 0 aliphatic heterocycles. The van der Waals surface area contributed by atoms with Gasteiger partial charge in [0.1, 0.15) is 0 Å². The third-order valence-corrected chi connectivity index (χ3v) is 5.04. The van der Waals surface area contributed by atoms with Crippen molar-refractivity contribution in [3.05, 3.63) is 53.5 Å². The van der Waals surface area contributed by atoms with Crippen molar-refractivity contribution in [3.63, 3.8) is 0 Å². The summed E-state index contributed by atoms with van der Waals surface area (Å²) in [5, 5.41) is 1.98. The Kier molecular flexibility index (Phi) is 4.58. The molecule has 0 aliphatic carbocycles. The molecule has 88 valence electrons. The van der Waals surface area contributed by atoms with Gasteiger partial charge in [0.2, 0.25) is 0 Å². The highest BCUT2D eigenvalue weighted by atomic mass is 79.9. The minimum Gasteiger partial charge on any atom is -0.294 e. The molecule has 17 heavy (non-hydrogen) atoms. The van der Waals surface area contributed by atoms with E-state index in [2.05, 4.69) is 47.8 Å². The van der Waals surface area contributed by atoms with E-state index in [0.29, 0.717) is 12.0 Å². The molecule has 1 heterocycles. The van der Waals surface area contributed by atoms with E-state index in [1.807, 2.05) is 29.6 Å². The lowest BCUT2D eigenvalue weighted by Crippen LogP contribution is -2.02. The summed E-state index contributed by atoms with van der Waals surface area (Å²) >= 11 is 11.8. The summed E-state index contributed by atoms with van der Waals surface area (Å²) in [6.07, 6.45) is 0.432. The first-order chi connectivity index (χ1) is 8.06. The lowest BCUT2D eigenvalue weighted by atomic mass is 10.1. The van der Waals surface area contributed by atoms with Gasteiger partial charge in [0.15, 0.2) is 5.78 Å². The Bertz CT molecular complexity index is 542. The third-order valence-electron chi connectivity index (χ3n) is 2.20. The summed E-state index contributed by atoms with van der Waals surface area (Å²) in [6, 6.07) is 7.56. The van der Waals surface area contributed by atoms with E-state index < -0.39 is 0 Å². The lowest BCUT2D eigenvalue weighted by molar-refractivity contribution is 0.0993. The number of hydrogen-bond donors (Lipinski definition) is 0. The second kappa shape index (κ2) is 5.78. The summed E-state index contributed by atoms with van der Waals surface area (Å²) in [5.74, 6) is 0.121. The molecule has 0 aliphatic rings. The number of carbonyl (C=O) groups is 1. The summed E-state index contributed by atoms with van der Waals surface area (Å²) in [7, 11) is 0. The summed E-state index contributed by atoms with van der Waals surface area (Å²) in [6.45, 7) is 0. The molecule has 0 fully saturated rings. The molecular formula is C12H7Br3OS. The number of halogens is 3. The van der Waals surface area contributed by atoms with Crippen molar-refractivity contribution in [1.29, 1.82) is 0 Å². The molecule has 0 amide bonds. The first-order valence-electron chi connectivity index (χ1n) is 4.77. The quantitative estimate of drug-likeness (QED) is 0.581. The smallest absolute Gasteiger partial charge is 0.168 e. The van der Waals surface area contributed by atoms with E-state index in [0.717, 1.165) is 18.3 Å². The maximum absolute atomic E-state index is 12.1. The van der Waals surface area contributed by atoms with Gasteiger partial charge in [-0.05, 0) is 45.6 Å². The predicted molar refractivity (Wildman–Crippen MR) is 81.9 cm³/mol. The second-order valence-electron chi connectivity index (χ2n) is 3.45. The van der Waals surface area contributed by atoms with Gasteiger partial charge in [0.25, 0.3) is 0 Å². The van der Waals surface area contributed by atoms with Crippen LogP contribution in [0.25, 0.3) is 0 Å². The molecule has 1 nitrogen and oxygen atoms in total. The average molecular weight is 439 g/mol. The highest BCUT2D eigenvalue weighted by molar-refractivity contribution is 9.11. The third kappa shape index (κ3) is 3.50. The number of rotatable bonds is 3. The Morgan fingerprint density at radius 1 is 1.12 bits per heavy atom. The summed E-state index contributed by atoms with van der Waals surface area (Å²) in [4.78, 5) is 13.2. The van der Waals surface area contributed by atoms with Crippen molar-refractivity contribution in [3.8, 4) is 0 Å². The van der Waals surface area contributed by atoms with Gasteiger partial charge in [-0.2, -0.15) is 0 Å². The largest absolute Gasteiger partial charge is 0.294 e. The monoisotopic (exact) mass is 436 g/mol. The van der Waals surface area contributed by atoms with Gasteiger partial charge in [0.05, 0.1) is 0 Å². The van der Waals surface area contributed by atoms with Crippen molar-refractivity contribution in [2.45, 2.75) is 6.42 Å². The normalized spacial score (nSPS) is 10.5. The van der Waals surface area contributed by atoms with Gasteiger partial charge in [-0.1, -0.05) is 31.9 Å². The predicted octanol–water partition coefficient (Wildman–Crippen LogP) is 5.46. The zero-order valence-corrected chi connectivity index (χ0v) is 14.1. The van der Waals surface area contributed by atoms with Crippen LogP contribution in [0, 0.1) is 0 Å². The van der Waals surface area contributed by atoms with Crippen LogP contribution in [0.4, 0.5) is 0 Å². The van der Waals surface area contributed by atoms with Crippen molar-refractivity contribution in [2.24, 2.45) is 0 Å². The molecule has 2 rings (SSSR count). The minimum atomic E-state index is 0.121. The van der Waals surface area contributed by atoms with Gasteiger partial charge >= 0.3 is 0 Å². The van der Waals surface area contributed by atoms with Crippen LogP contribution in [0.5, 0.6) is 0 Å². The van der Waals surface area contributed by atoms with Crippen LogP contribution >= 0.6 is 59.1 Å². The molecule has 0 N–H and O–H groups in total. The zero-order chi connectivity index (χ0) is 12.4. The van der Waals surface area contributed by atoms with Crippen LogP contribution in [0.2, 0.25) is 0 Å². The van der Waals surface area contributed by atoms with Crippen molar-refractivity contribution >= 4 is 64.9 Å². The van der Waals surface area contributed by atoms with Crippen molar-refractivity contribution in [2.75, 3.05) is 0 Å². The van der Waals surface area contributed by atoms with Gasteiger partial charge < -0.3 is 0 Å². The number of thiophene rings is 1. The molecule has 1 aromatic carbocycles. The molecule has 0 saturated heterocycles. The fourth-order valence-electron chi connectivity index (χ4n) is 1.41. The molecule has 5 heteroatoms. The van der Waals surface area contributed by atoms with Crippen molar-refractivity contribution < 1.29 is 4.79 Å². The first kappa shape index (κ1) is 13.5. The van der Waals surface area contributed by atoms with Crippen LogP contribution in [0.15, 0.2) is 43.1 Å². The summed E-state index contributed by atoms with van der Waals surface area (Å²) < 4.78 is 2.81. The van der Waals surface area contributed by atoms with E-state index in [4.69, 9.17) is 0 Å². The van der Waals surface area contributed by atoms with Crippen LogP contribution in [-0.4, -0.2) is 5.78 Å². The fourth-order valence-corrected chi connectivity index (χ4v) is 4.20. The van der Waals surface area contributed by atoms with Crippen LogP contribution in [0.1, 0.15) is 15.2 Å². The second-order valence-corrected chi connectivity index (χ2v) is 7.14. The molecule has 0 radical (unpaired) electrons. The van der Waals surface area contributed by atoms with Crippen LogP contribution in [0.3, 0.4) is 0 Å². The molecule has 1 aromatic heterocycles. The topological polar surface area (TPSA) is 17.1 Å².